The molecule has 0 spiro atoms. The van der Waals surface area contributed by atoms with Crippen LogP contribution in [-0.4, -0.2) is 25.0 Å². The number of hydrogen-bond donors (Lipinski definition) is 1. The van der Waals surface area contributed by atoms with Crippen molar-refractivity contribution in [3.63, 3.8) is 0 Å². The number of furan rings is 1. The monoisotopic (exact) mass is 553 g/mol. The van der Waals surface area contributed by atoms with Crippen molar-refractivity contribution in [3.05, 3.63) is 125 Å². The van der Waals surface area contributed by atoms with E-state index in [-0.39, 0.29) is 12.2 Å². The summed E-state index contributed by atoms with van der Waals surface area (Å²) in [7, 11) is 1.30. The minimum atomic E-state index is -0.897. The molecule has 202 valence electrons. The summed E-state index contributed by atoms with van der Waals surface area (Å²) in [6.07, 6.45) is 0.247. The zero-order chi connectivity index (χ0) is 28.1. The lowest BCUT2D eigenvalue weighted by Gasteiger charge is -2.16. The minimum Gasteiger partial charge on any atom is -0.489 e. The van der Waals surface area contributed by atoms with E-state index in [9.17, 15) is 9.59 Å². The zero-order valence-electron chi connectivity index (χ0n) is 22.1. The first kappa shape index (κ1) is 27.0. The van der Waals surface area contributed by atoms with E-state index in [1.54, 1.807) is 0 Å². The first-order valence-corrected chi connectivity index (χ1v) is 13.2. The fraction of sp³-hybridized carbons (Fsp3) is 0.152. The number of halogens is 1. The molecule has 0 saturated carbocycles. The Morgan fingerprint density at radius 3 is 2.27 bits per heavy atom. The molecule has 40 heavy (non-hydrogen) atoms. The largest absolute Gasteiger partial charge is 0.489 e. The molecule has 5 rings (SSSR count). The molecular formula is C33H28ClNO5. The average Bonchev–Trinajstić information content (AvgIpc) is 3.32. The van der Waals surface area contributed by atoms with Crippen molar-refractivity contribution in [2.24, 2.45) is 0 Å². The number of esters is 1. The second kappa shape index (κ2) is 12.1. The van der Waals surface area contributed by atoms with Gasteiger partial charge in [0.25, 0.3) is 5.91 Å². The van der Waals surface area contributed by atoms with Gasteiger partial charge in [0.2, 0.25) is 0 Å². The van der Waals surface area contributed by atoms with E-state index in [1.807, 2.05) is 104 Å². The fourth-order valence-corrected chi connectivity index (χ4v) is 4.65. The Labute approximate surface area is 237 Å². The van der Waals surface area contributed by atoms with Gasteiger partial charge in [-0.15, -0.1) is 0 Å². The number of methoxy groups -OCH3 is 1. The molecule has 0 fully saturated rings. The second-order valence-corrected chi connectivity index (χ2v) is 9.88. The number of rotatable bonds is 9. The smallest absolute Gasteiger partial charge is 0.328 e. The summed E-state index contributed by atoms with van der Waals surface area (Å²) in [6, 6.07) is 29.7. The molecule has 0 bridgehead atoms. The quantitative estimate of drug-likeness (QED) is 0.196. The summed E-state index contributed by atoms with van der Waals surface area (Å²) in [5.41, 5.74) is 5.11. The molecule has 0 aliphatic carbocycles. The van der Waals surface area contributed by atoms with Crippen LogP contribution in [0.2, 0.25) is 5.02 Å². The highest BCUT2D eigenvalue weighted by Crippen LogP contribution is 2.30. The van der Waals surface area contributed by atoms with Gasteiger partial charge in [-0.25, -0.2) is 4.79 Å². The molecule has 1 N–H and O–H groups in total. The summed E-state index contributed by atoms with van der Waals surface area (Å²) < 4.78 is 16.8. The van der Waals surface area contributed by atoms with Gasteiger partial charge in [-0.3, -0.25) is 4.79 Å². The predicted octanol–water partition coefficient (Wildman–Crippen LogP) is 7.15. The van der Waals surface area contributed by atoms with Gasteiger partial charge in [0.15, 0.2) is 5.76 Å². The van der Waals surface area contributed by atoms with E-state index in [1.165, 1.54) is 7.11 Å². The van der Waals surface area contributed by atoms with Crippen LogP contribution in [0.3, 0.4) is 0 Å². The van der Waals surface area contributed by atoms with Crippen molar-refractivity contribution in [1.82, 2.24) is 5.32 Å². The lowest BCUT2D eigenvalue weighted by atomic mass is 10.0. The molecule has 1 amide bonds. The Hall–Kier alpha value is -4.55. The van der Waals surface area contributed by atoms with Crippen LogP contribution in [-0.2, 0) is 22.6 Å². The maximum atomic E-state index is 13.3. The molecule has 0 radical (unpaired) electrons. The number of carbonyl (C=O) groups is 2. The molecule has 4 aromatic carbocycles. The summed E-state index contributed by atoms with van der Waals surface area (Å²) in [5, 5.41) is 4.28. The van der Waals surface area contributed by atoms with Crippen LogP contribution in [0.25, 0.3) is 22.1 Å². The van der Waals surface area contributed by atoms with E-state index < -0.39 is 17.9 Å². The molecule has 1 aromatic heterocycles. The maximum absolute atomic E-state index is 13.3. The molecule has 5 aromatic rings. The topological polar surface area (TPSA) is 77.8 Å². The second-order valence-electron chi connectivity index (χ2n) is 9.45. The number of amides is 1. The van der Waals surface area contributed by atoms with Crippen LogP contribution in [0.5, 0.6) is 5.75 Å². The number of aryl methyl sites for hydroxylation is 1. The van der Waals surface area contributed by atoms with Gasteiger partial charge in [0.1, 0.15) is 24.0 Å². The molecular weight excluding hydrogens is 526 g/mol. The third kappa shape index (κ3) is 6.19. The minimum absolute atomic E-state index is 0.154. The third-order valence-electron chi connectivity index (χ3n) is 6.72. The molecule has 7 heteroatoms. The van der Waals surface area contributed by atoms with Crippen molar-refractivity contribution in [1.29, 1.82) is 0 Å². The van der Waals surface area contributed by atoms with Gasteiger partial charge in [-0.2, -0.15) is 0 Å². The highest BCUT2D eigenvalue weighted by molar-refractivity contribution is 6.30. The van der Waals surface area contributed by atoms with Crippen LogP contribution < -0.4 is 10.1 Å². The lowest BCUT2D eigenvalue weighted by molar-refractivity contribution is -0.142. The molecule has 0 aliphatic heterocycles. The van der Waals surface area contributed by atoms with Crippen molar-refractivity contribution >= 4 is 34.4 Å². The fourth-order valence-electron chi connectivity index (χ4n) is 4.52. The SMILES string of the molecule is COC(=O)[C@@H](Cc1ccc(OCc2ccccc2)cc1)NC(=O)c1oc2cc(-c3ccc(Cl)cc3)ccc2c1C. The number of nitrogens with one attached hydrogen (secondary N) is 1. The third-order valence-corrected chi connectivity index (χ3v) is 6.98. The Kier molecular flexibility index (Phi) is 8.18. The van der Waals surface area contributed by atoms with Crippen LogP contribution in [0.4, 0.5) is 0 Å². The highest BCUT2D eigenvalue weighted by Gasteiger charge is 2.26. The molecule has 0 aliphatic rings. The van der Waals surface area contributed by atoms with Gasteiger partial charge in [0, 0.05) is 22.4 Å². The average molecular weight is 554 g/mol. The Bertz CT molecular complexity index is 1630. The van der Waals surface area contributed by atoms with E-state index >= 15 is 0 Å². The number of benzene rings is 4. The van der Waals surface area contributed by atoms with E-state index in [0.29, 0.717) is 28.5 Å². The Morgan fingerprint density at radius 1 is 0.875 bits per heavy atom. The van der Waals surface area contributed by atoms with Crippen LogP contribution in [0, 0.1) is 6.92 Å². The Balaban J connectivity index is 1.29. The van der Waals surface area contributed by atoms with Gasteiger partial charge in [-0.05, 0) is 59.5 Å². The van der Waals surface area contributed by atoms with E-state index in [0.717, 1.165) is 27.6 Å². The van der Waals surface area contributed by atoms with Crippen LogP contribution >= 0.6 is 11.6 Å². The molecule has 6 nitrogen and oxygen atoms in total. The lowest BCUT2D eigenvalue weighted by Crippen LogP contribution is -2.43. The summed E-state index contributed by atoms with van der Waals surface area (Å²) in [6.45, 7) is 2.28. The highest BCUT2D eigenvalue weighted by atomic mass is 35.5. The van der Waals surface area contributed by atoms with Gasteiger partial charge < -0.3 is 19.2 Å². The van der Waals surface area contributed by atoms with Crippen LogP contribution in [0.15, 0.2) is 101 Å². The molecule has 0 saturated heterocycles. The molecule has 1 heterocycles. The Morgan fingerprint density at radius 2 is 1.57 bits per heavy atom. The number of hydrogen-bond acceptors (Lipinski definition) is 5. The summed E-state index contributed by atoms with van der Waals surface area (Å²) >= 11 is 6.02. The van der Waals surface area contributed by atoms with Crippen molar-refractivity contribution in [3.8, 4) is 16.9 Å². The zero-order valence-corrected chi connectivity index (χ0v) is 22.9. The number of fused-ring (bicyclic) bond motifs is 1. The number of carbonyl (C=O) groups excluding carboxylic acids is 2. The molecule has 1 atom stereocenters. The van der Waals surface area contributed by atoms with Crippen molar-refractivity contribution in [2.45, 2.75) is 26.0 Å². The summed E-state index contributed by atoms with van der Waals surface area (Å²) in [5.74, 6) is -0.166. The van der Waals surface area contributed by atoms with E-state index in [4.69, 9.17) is 25.5 Å². The maximum Gasteiger partial charge on any atom is 0.328 e. The van der Waals surface area contributed by atoms with Gasteiger partial charge >= 0.3 is 5.97 Å². The van der Waals surface area contributed by atoms with Crippen LogP contribution in [0.1, 0.15) is 27.2 Å². The van der Waals surface area contributed by atoms with Gasteiger partial charge in [-0.1, -0.05) is 78.3 Å². The van der Waals surface area contributed by atoms with Crippen molar-refractivity contribution in [2.75, 3.05) is 7.11 Å². The first-order valence-electron chi connectivity index (χ1n) is 12.8. The standard InChI is InChI=1S/C33H28ClNO5/c1-21-28-17-12-25(24-10-13-26(34)14-11-24)19-30(28)40-31(21)32(36)35-29(33(37)38-2)18-22-8-15-27(16-9-22)39-20-23-6-4-3-5-7-23/h3-17,19,29H,18,20H2,1-2H3,(H,35,36)/t29-/m1/s1. The molecule has 0 unspecified atom stereocenters. The van der Waals surface area contributed by atoms with Crippen molar-refractivity contribution < 1.29 is 23.5 Å². The summed E-state index contributed by atoms with van der Waals surface area (Å²) in [4.78, 5) is 25.9. The van der Waals surface area contributed by atoms with Gasteiger partial charge in [0.05, 0.1) is 7.11 Å². The normalized spacial score (nSPS) is 11.7. The number of ether oxygens (including phenoxy) is 2. The first-order chi connectivity index (χ1) is 19.4. The van der Waals surface area contributed by atoms with E-state index in [2.05, 4.69) is 5.32 Å². The predicted molar refractivity (Wildman–Crippen MR) is 156 cm³/mol.